The second-order valence-corrected chi connectivity index (χ2v) is 7.09. The molecule has 3 heterocycles. The largest absolute Gasteiger partial charge is 0.494 e. The molecule has 2 aromatic heterocycles. The second-order valence-electron chi connectivity index (χ2n) is 7.09. The Morgan fingerprint density at radius 3 is 2.53 bits per heavy atom. The number of amides is 1. The Hall–Kier alpha value is -3.80. The molecule has 0 fully saturated rings. The normalized spacial score (nSPS) is 15.6. The first-order valence-electron chi connectivity index (χ1n) is 9.79. The average Bonchev–Trinajstić information content (AvgIpc) is 3.37. The van der Waals surface area contributed by atoms with Crippen molar-refractivity contribution >= 4 is 16.9 Å². The molecule has 0 radical (unpaired) electrons. The third kappa shape index (κ3) is 2.88. The van der Waals surface area contributed by atoms with E-state index in [2.05, 4.69) is 0 Å². The van der Waals surface area contributed by atoms with E-state index in [1.54, 1.807) is 47.6 Å². The lowest BCUT2D eigenvalue weighted by molar-refractivity contribution is 0.0701. The summed E-state index contributed by atoms with van der Waals surface area (Å²) in [6, 6.07) is 17.4. The predicted octanol–water partition coefficient (Wildman–Crippen LogP) is 4.53. The summed E-state index contributed by atoms with van der Waals surface area (Å²) in [6.07, 6.45) is 1.56. The van der Waals surface area contributed by atoms with Crippen LogP contribution in [0.1, 0.15) is 40.4 Å². The molecule has 0 bridgehead atoms. The highest BCUT2D eigenvalue weighted by Gasteiger charge is 2.43. The molecule has 1 amide bonds. The molecular weight excluding hydrogens is 382 g/mol. The first kappa shape index (κ1) is 18.2. The monoisotopic (exact) mass is 401 g/mol. The Morgan fingerprint density at radius 1 is 1.00 bits per heavy atom. The van der Waals surface area contributed by atoms with E-state index in [1.807, 2.05) is 31.2 Å². The molecule has 5 rings (SSSR count). The number of carbonyl (C=O) groups is 1. The van der Waals surface area contributed by atoms with Crippen molar-refractivity contribution in [3.63, 3.8) is 0 Å². The number of hydrogen-bond acceptors (Lipinski definition) is 5. The van der Waals surface area contributed by atoms with Crippen LogP contribution in [-0.2, 0) is 6.54 Å². The molecule has 6 nitrogen and oxygen atoms in total. The van der Waals surface area contributed by atoms with Gasteiger partial charge in [-0.2, -0.15) is 0 Å². The highest BCUT2D eigenvalue weighted by molar-refractivity contribution is 5.99. The summed E-state index contributed by atoms with van der Waals surface area (Å²) in [5.74, 6) is 1.12. The van der Waals surface area contributed by atoms with Gasteiger partial charge < -0.3 is 18.5 Å². The zero-order valence-corrected chi connectivity index (χ0v) is 16.3. The van der Waals surface area contributed by atoms with Gasteiger partial charge in [0.2, 0.25) is 5.76 Å². The molecule has 0 saturated carbocycles. The summed E-state index contributed by atoms with van der Waals surface area (Å²) in [5.41, 5.74) is 1.37. The summed E-state index contributed by atoms with van der Waals surface area (Å²) in [6.45, 7) is 2.70. The van der Waals surface area contributed by atoms with Crippen molar-refractivity contribution in [1.82, 2.24) is 4.90 Å². The molecule has 4 aromatic rings. The van der Waals surface area contributed by atoms with Crippen molar-refractivity contribution in [3.8, 4) is 5.75 Å². The molecule has 1 aliphatic rings. The van der Waals surface area contributed by atoms with Crippen LogP contribution >= 0.6 is 0 Å². The van der Waals surface area contributed by atoms with Gasteiger partial charge in [-0.05, 0) is 48.9 Å². The Bertz CT molecular complexity index is 1270. The van der Waals surface area contributed by atoms with Gasteiger partial charge in [-0.1, -0.05) is 24.3 Å². The van der Waals surface area contributed by atoms with E-state index >= 15 is 0 Å². The van der Waals surface area contributed by atoms with E-state index in [0.717, 1.165) is 11.3 Å². The molecule has 0 aliphatic carbocycles. The van der Waals surface area contributed by atoms with Gasteiger partial charge in [-0.25, -0.2) is 0 Å². The van der Waals surface area contributed by atoms with Crippen molar-refractivity contribution in [2.75, 3.05) is 6.61 Å². The number of hydrogen-bond donors (Lipinski definition) is 0. The minimum absolute atomic E-state index is 0.0872. The molecule has 150 valence electrons. The number of rotatable bonds is 5. The zero-order chi connectivity index (χ0) is 20.7. The molecular formula is C24H19NO5. The van der Waals surface area contributed by atoms with Crippen LogP contribution in [0.25, 0.3) is 11.0 Å². The topological polar surface area (TPSA) is 72.9 Å². The lowest BCUT2D eigenvalue weighted by Crippen LogP contribution is -2.29. The smallest absolute Gasteiger partial charge is 0.291 e. The van der Waals surface area contributed by atoms with Gasteiger partial charge in [-0.3, -0.25) is 9.59 Å². The lowest BCUT2D eigenvalue weighted by Gasteiger charge is -2.24. The lowest BCUT2D eigenvalue weighted by atomic mass is 9.98. The Labute approximate surface area is 172 Å². The standard InChI is InChI=1S/C24H19NO5/c1-2-28-16-11-9-15(10-12-16)21-20-22(26)18-7-3-4-8-19(18)30-23(20)24(27)25(21)14-17-6-5-13-29-17/h3-13,21H,2,14H2,1H3/t21-/m0/s1. The van der Waals surface area contributed by atoms with Gasteiger partial charge >= 0.3 is 0 Å². The van der Waals surface area contributed by atoms with E-state index in [1.165, 1.54) is 0 Å². The fraction of sp³-hybridized carbons (Fsp3) is 0.167. The zero-order valence-electron chi connectivity index (χ0n) is 16.3. The molecule has 0 N–H and O–H groups in total. The molecule has 1 aliphatic heterocycles. The third-order valence-electron chi connectivity index (χ3n) is 5.29. The molecule has 0 spiro atoms. The van der Waals surface area contributed by atoms with Crippen LogP contribution < -0.4 is 10.2 Å². The van der Waals surface area contributed by atoms with Gasteiger partial charge in [0.25, 0.3) is 5.91 Å². The molecule has 6 heteroatoms. The predicted molar refractivity (Wildman–Crippen MR) is 111 cm³/mol. The summed E-state index contributed by atoms with van der Waals surface area (Å²) in [5, 5.41) is 0.458. The maximum absolute atomic E-state index is 13.4. The average molecular weight is 401 g/mol. The van der Waals surface area contributed by atoms with Crippen LogP contribution in [0.5, 0.6) is 5.75 Å². The number of benzene rings is 2. The summed E-state index contributed by atoms with van der Waals surface area (Å²) >= 11 is 0. The number of nitrogens with zero attached hydrogens (tertiary/aromatic N) is 1. The van der Waals surface area contributed by atoms with Crippen molar-refractivity contribution in [2.45, 2.75) is 19.5 Å². The minimum atomic E-state index is -0.575. The molecule has 30 heavy (non-hydrogen) atoms. The highest BCUT2D eigenvalue weighted by Crippen LogP contribution is 2.39. The highest BCUT2D eigenvalue weighted by atomic mass is 16.5. The third-order valence-corrected chi connectivity index (χ3v) is 5.29. The van der Waals surface area contributed by atoms with Crippen molar-refractivity contribution in [2.24, 2.45) is 0 Å². The van der Waals surface area contributed by atoms with Crippen molar-refractivity contribution in [1.29, 1.82) is 0 Å². The van der Waals surface area contributed by atoms with Crippen LogP contribution in [0.15, 0.2) is 80.6 Å². The first-order valence-corrected chi connectivity index (χ1v) is 9.79. The van der Waals surface area contributed by atoms with Gasteiger partial charge in [0.15, 0.2) is 5.43 Å². The van der Waals surface area contributed by atoms with E-state index in [-0.39, 0.29) is 23.6 Å². The number of ether oxygens (including phenoxy) is 1. The Morgan fingerprint density at radius 2 is 1.80 bits per heavy atom. The van der Waals surface area contributed by atoms with Gasteiger partial charge in [0.1, 0.15) is 17.1 Å². The SMILES string of the molecule is CCOc1ccc([C@H]2c3c(oc4ccccc4c3=O)C(=O)N2Cc2ccco2)cc1. The van der Waals surface area contributed by atoms with Gasteiger partial charge in [0.05, 0.1) is 36.4 Å². The second kappa shape index (κ2) is 7.22. The van der Waals surface area contributed by atoms with E-state index < -0.39 is 6.04 Å². The van der Waals surface area contributed by atoms with E-state index in [9.17, 15) is 9.59 Å². The van der Waals surface area contributed by atoms with Gasteiger partial charge in [0, 0.05) is 0 Å². The molecule has 1 atom stereocenters. The molecule has 0 unspecified atom stereocenters. The molecule has 0 saturated heterocycles. The first-order chi connectivity index (χ1) is 14.7. The van der Waals surface area contributed by atoms with Crippen LogP contribution in [0, 0.1) is 0 Å². The Kier molecular flexibility index (Phi) is 4.39. The number of para-hydroxylation sites is 1. The maximum Gasteiger partial charge on any atom is 0.291 e. The van der Waals surface area contributed by atoms with Crippen molar-refractivity contribution < 1.29 is 18.4 Å². The quantitative estimate of drug-likeness (QED) is 0.491. The minimum Gasteiger partial charge on any atom is -0.494 e. The number of carbonyl (C=O) groups excluding carboxylic acids is 1. The fourth-order valence-electron chi connectivity index (χ4n) is 3.96. The summed E-state index contributed by atoms with van der Waals surface area (Å²) in [7, 11) is 0. The fourth-order valence-corrected chi connectivity index (χ4v) is 3.96. The van der Waals surface area contributed by atoms with Crippen LogP contribution in [0.3, 0.4) is 0 Å². The van der Waals surface area contributed by atoms with Crippen molar-refractivity contribution in [3.05, 3.63) is 99.8 Å². The van der Waals surface area contributed by atoms with Gasteiger partial charge in [-0.15, -0.1) is 0 Å². The maximum atomic E-state index is 13.4. The number of furan rings is 1. The van der Waals surface area contributed by atoms with Crippen LogP contribution in [-0.4, -0.2) is 17.4 Å². The summed E-state index contributed by atoms with van der Waals surface area (Å²) < 4.78 is 16.9. The van der Waals surface area contributed by atoms with Crippen LogP contribution in [0.2, 0.25) is 0 Å². The molecule has 2 aromatic carbocycles. The van der Waals surface area contributed by atoms with E-state index in [4.69, 9.17) is 13.6 Å². The Balaban J connectivity index is 1.69. The van der Waals surface area contributed by atoms with E-state index in [0.29, 0.717) is 28.9 Å². The summed E-state index contributed by atoms with van der Waals surface area (Å²) in [4.78, 5) is 28.3. The van der Waals surface area contributed by atoms with Crippen LogP contribution in [0.4, 0.5) is 0 Å². The number of fused-ring (bicyclic) bond motifs is 2.